The highest BCUT2D eigenvalue weighted by Gasteiger charge is 2.41. The summed E-state index contributed by atoms with van der Waals surface area (Å²) in [6, 6.07) is -0.303. The molecule has 2 fully saturated rings. The molecule has 0 aromatic heterocycles. The van der Waals surface area contributed by atoms with Crippen molar-refractivity contribution in [3.63, 3.8) is 0 Å². The average Bonchev–Trinajstić information content (AvgIpc) is 2.91. The molecule has 4 heteroatoms. The zero-order valence-electron chi connectivity index (χ0n) is 8.59. The van der Waals surface area contributed by atoms with E-state index < -0.39 is 5.54 Å². The van der Waals surface area contributed by atoms with Crippen LogP contribution in [-0.2, 0) is 9.59 Å². The standard InChI is InChI=1S/C10H16N2O2/c1-10(2)9(14)12-7(5-11-10)8(13)6-3-4-6/h6-7,11H,3-5H2,1-2H3,(H,12,14). The van der Waals surface area contributed by atoms with Crippen LogP contribution in [0.25, 0.3) is 0 Å². The summed E-state index contributed by atoms with van der Waals surface area (Å²) in [4.78, 5) is 23.2. The van der Waals surface area contributed by atoms with Crippen molar-refractivity contribution in [1.82, 2.24) is 10.6 Å². The van der Waals surface area contributed by atoms with Gasteiger partial charge in [-0.3, -0.25) is 9.59 Å². The van der Waals surface area contributed by atoms with Crippen molar-refractivity contribution in [2.75, 3.05) is 6.54 Å². The van der Waals surface area contributed by atoms with Gasteiger partial charge in [-0.25, -0.2) is 0 Å². The molecular weight excluding hydrogens is 180 g/mol. The van der Waals surface area contributed by atoms with Crippen LogP contribution in [0.2, 0.25) is 0 Å². The molecule has 0 radical (unpaired) electrons. The highest BCUT2D eigenvalue weighted by atomic mass is 16.2. The molecule has 0 aromatic rings. The normalized spacial score (nSPS) is 31.0. The first kappa shape index (κ1) is 9.65. The minimum absolute atomic E-state index is 0.0808. The van der Waals surface area contributed by atoms with Crippen molar-refractivity contribution < 1.29 is 9.59 Å². The number of carbonyl (C=O) groups is 2. The fourth-order valence-corrected chi connectivity index (χ4v) is 1.65. The fourth-order valence-electron chi connectivity index (χ4n) is 1.65. The second-order valence-corrected chi connectivity index (χ2v) is 4.71. The first-order chi connectivity index (χ1) is 6.50. The van der Waals surface area contributed by atoms with E-state index in [9.17, 15) is 9.59 Å². The van der Waals surface area contributed by atoms with Crippen LogP contribution < -0.4 is 10.6 Å². The van der Waals surface area contributed by atoms with Gasteiger partial charge in [-0.15, -0.1) is 0 Å². The molecule has 1 saturated heterocycles. The third kappa shape index (κ3) is 1.66. The predicted octanol–water partition coefficient (Wildman–Crippen LogP) is -0.168. The summed E-state index contributed by atoms with van der Waals surface area (Å²) in [6.45, 7) is 4.20. The minimum Gasteiger partial charge on any atom is -0.343 e. The zero-order valence-corrected chi connectivity index (χ0v) is 8.59. The Morgan fingerprint density at radius 3 is 2.57 bits per heavy atom. The molecule has 1 heterocycles. The van der Waals surface area contributed by atoms with Crippen LogP contribution in [0.5, 0.6) is 0 Å². The maximum absolute atomic E-state index is 11.7. The summed E-state index contributed by atoms with van der Waals surface area (Å²) >= 11 is 0. The molecule has 1 amide bonds. The Morgan fingerprint density at radius 1 is 1.43 bits per heavy atom. The monoisotopic (exact) mass is 196 g/mol. The molecule has 0 spiro atoms. The van der Waals surface area contributed by atoms with Gasteiger partial charge in [0.15, 0.2) is 5.78 Å². The van der Waals surface area contributed by atoms with Gasteiger partial charge >= 0.3 is 0 Å². The first-order valence-electron chi connectivity index (χ1n) is 5.10. The van der Waals surface area contributed by atoms with Crippen molar-refractivity contribution in [3.05, 3.63) is 0 Å². The largest absolute Gasteiger partial charge is 0.343 e. The highest BCUT2D eigenvalue weighted by Crippen LogP contribution is 2.31. The van der Waals surface area contributed by atoms with Crippen molar-refractivity contribution in [1.29, 1.82) is 0 Å². The van der Waals surface area contributed by atoms with Gasteiger partial charge in [-0.2, -0.15) is 0 Å². The third-order valence-corrected chi connectivity index (χ3v) is 2.94. The molecule has 2 rings (SSSR count). The Hall–Kier alpha value is -0.900. The predicted molar refractivity (Wildman–Crippen MR) is 51.7 cm³/mol. The summed E-state index contributed by atoms with van der Waals surface area (Å²) in [6.07, 6.45) is 1.99. The number of rotatable bonds is 2. The Labute approximate surface area is 83.4 Å². The van der Waals surface area contributed by atoms with Gasteiger partial charge in [0.25, 0.3) is 0 Å². The lowest BCUT2D eigenvalue weighted by Crippen LogP contribution is -2.65. The lowest BCUT2D eigenvalue weighted by Gasteiger charge is -2.34. The van der Waals surface area contributed by atoms with Crippen molar-refractivity contribution in [2.45, 2.75) is 38.3 Å². The number of hydrogen-bond acceptors (Lipinski definition) is 3. The smallest absolute Gasteiger partial charge is 0.240 e. The maximum Gasteiger partial charge on any atom is 0.240 e. The van der Waals surface area contributed by atoms with Gasteiger partial charge in [0, 0.05) is 12.5 Å². The van der Waals surface area contributed by atoms with Crippen LogP contribution in [-0.4, -0.2) is 29.8 Å². The summed E-state index contributed by atoms with van der Waals surface area (Å²) in [7, 11) is 0. The summed E-state index contributed by atoms with van der Waals surface area (Å²) in [5, 5.41) is 5.87. The van der Waals surface area contributed by atoms with E-state index in [0.717, 1.165) is 12.8 Å². The van der Waals surface area contributed by atoms with E-state index in [1.54, 1.807) is 0 Å². The van der Waals surface area contributed by atoms with Crippen molar-refractivity contribution in [2.24, 2.45) is 5.92 Å². The molecule has 1 saturated carbocycles. The van der Waals surface area contributed by atoms with Crippen molar-refractivity contribution >= 4 is 11.7 Å². The number of Topliss-reactive ketones (excluding diaryl/α,β-unsaturated/α-hetero) is 1. The van der Waals surface area contributed by atoms with Gasteiger partial charge in [0.2, 0.25) is 5.91 Å². The second kappa shape index (κ2) is 3.05. The van der Waals surface area contributed by atoms with E-state index in [1.807, 2.05) is 13.8 Å². The van der Waals surface area contributed by atoms with E-state index in [-0.39, 0.29) is 23.7 Å². The van der Waals surface area contributed by atoms with Crippen LogP contribution in [0, 0.1) is 5.92 Å². The number of amides is 1. The van der Waals surface area contributed by atoms with E-state index in [0.29, 0.717) is 6.54 Å². The van der Waals surface area contributed by atoms with E-state index in [4.69, 9.17) is 0 Å². The van der Waals surface area contributed by atoms with Gasteiger partial charge in [-0.05, 0) is 26.7 Å². The molecule has 1 aliphatic heterocycles. The van der Waals surface area contributed by atoms with Crippen LogP contribution >= 0.6 is 0 Å². The fraction of sp³-hybridized carbons (Fsp3) is 0.800. The molecule has 1 unspecified atom stereocenters. The van der Waals surface area contributed by atoms with E-state index in [2.05, 4.69) is 10.6 Å². The van der Waals surface area contributed by atoms with E-state index >= 15 is 0 Å². The average molecular weight is 196 g/mol. The lowest BCUT2D eigenvalue weighted by molar-refractivity contribution is -0.134. The Morgan fingerprint density at radius 2 is 2.07 bits per heavy atom. The summed E-state index contributed by atoms with van der Waals surface area (Å²) in [5.74, 6) is 0.326. The molecular formula is C10H16N2O2. The summed E-state index contributed by atoms with van der Waals surface area (Å²) in [5.41, 5.74) is -0.541. The molecule has 0 bridgehead atoms. The van der Waals surface area contributed by atoms with E-state index in [1.165, 1.54) is 0 Å². The van der Waals surface area contributed by atoms with Crippen LogP contribution in [0.15, 0.2) is 0 Å². The quantitative estimate of drug-likeness (QED) is 0.645. The van der Waals surface area contributed by atoms with Crippen LogP contribution in [0.4, 0.5) is 0 Å². The Kier molecular flexibility index (Phi) is 2.10. The Balaban J connectivity index is 1.98. The van der Waals surface area contributed by atoms with Gasteiger partial charge in [0.05, 0.1) is 5.54 Å². The number of piperazine rings is 1. The molecule has 2 aliphatic rings. The molecule has 1 atom stereocenters. The molecule has 2 N–H and O–H groups in total. The maximum atomic E-state index is 11.7. The zero-order chi connectivity index (χ0) is 10.3. The van der Waals surface area contributed by atoms with Crippen molar-refractivity contribution in [3.8, 4) is 0 Å². The number of nitrogens with one attached hydrogen (secondary N) is 2. The topological polar surface area (TPSA) is 58.2 Å². The number of ketones is 1. The Bertz CT molecular complexity index is 280. The first-order valence-corrected chi connectivity index (χ1v) is 5.10. The SMILES string of the molecule is CC1(C)NCC(C(=O)C2CC2)NC1=O. The molecule has 0 aromatic carbocycles. The molecule has 78 valence electrons. The number of hydrogen-bond donors (Lipinski definition) is 2. The lowest BCUT2D eigenvalue weighted by atomic mass is 9.97. The molecule has 14 heavy (non-hydrogen) atoms. The van der Waals surface area contributed by atoms with Crippen LogP contribution in [0.3, 0.4) is 0 Å². The molecule has 4 nitrogen and oxygen atoms in total. The minimum atomic E-state index is -0.541. The number of carbonyl (C=O) groups excluding carboxylic acids is 2. The third-order valence-electron chi connectivity index (χ3n) is 2.94. The van der Waals surface area contributed by atoms with Crippen LogP contribution in [0.1, 0.15) is 26.7 Å². The van der Waals surface area contributed by atoms with Gasteiger partial charge in [-0.1, -0.05) is 0 Å². The van der Waals surface area contributed by atoms with Gasteiger partial charge in [0.1, 0.15) is 6.04 Å². The highest BCUT2D eigenvalue weighted by molar-refractivity contribution is 5.95. The van der Waals surface area contributed by atoms with Gasteiger partial charge < -0.3 is 10.6 Å². The second-order valence-electron chi connectivity index (χ2n) is 4.71. The molecule has 1 aliphatic carbocycles. The summed E-state index contributed by atoms with van der Waals surface area (Å²) < 4.78 is 0.